The zero-order chi connectivity index (χ0) is 14.5. The van der Waals surface area contributed by atoms with Crippen LogP contribution < -0.4 is 5.32 Å². The van der Waals surface area contributed by atoms with Gasteiger partial charge in [0.25, 0.3) is 0 Å². The van der Waals surface area contributed by atoms with E-state index in [4.69, 9.17) is 4.74 Å². The van der Waals surface area contributed by atoms with E-state index in [0.29, 0.717) is 39.1 Å². The average molecular weight is 282 g/mol. The van der Waals surface area contributed by atoms with Gasteiger partial charge in [-0.15, -0.1) is 0 Å². The monoisotopic (exact) mass is 282 g/mol. The fourth-order valence-electron chi connectivity index (χ4n) is 2.83. The molecule has 2 aliphatic rings. The van der Waals surface area contributed by atoms with Crippen LogP contribution >= 0.6 is 0 Å². The van der Waals surface area contributed by atoms with Gasteiger partial charge < -0.3 is 15.0 Å². The highest BCUT2D eigenvalue weighted by Crippen LogP contribution is 2.22. The maximum absolute atomic E-state index is 12.4. The second kappa shape index (κ2) is 6.72. The molecule has 0 aliphatic carbocycles. The molecule has 1 N–H and O–H groups in total. The van der Waals surface area contributed by atoms with Crippen molar-refractivity contribution in [1.29, 1.82) is 0 Å². The van der Waals surface area contributed by atoms with Crippen LogP contribution in [0.15, 0.2) is 0 Å². The van der Waals surface area contributed by atoms with Gasteiger partial charge in [0.15, 0.2) is 0 Å². The molecule has 112 valence electrons. The van der Waals surface area contributed by atoms with Crippen LogP contribution in [-0.4, -0.2) is 48.9 Å². The number of esters is 1. The van der Waals surface area contributed by atoms with Gasteiger partial charge in [-0.05, 0) is 26.2 Å². The standard InChI is InChI=1S/C14H22N2O4/c1-2-20-14(19)11-4-3-7-16(9-11)13(18)10-5-6-12(17)15-8-10/h10-11H,2-9H2,1H3,(H,15,17)/t10-,11+/m1/s1. The summed E-state index contributed by atoms with van der Waals surface area (Å²) in [6, 6.07) is 0. The number of nitrogens with zero attached hydrogens (tertiary/aromatic N) is 1. The minimum absolute atomic E-state index is 0.0112. The Labute approximate surface area is 118 Å². The maximum atomic E-state index is 12.4. The zero-order valence-corrected chi connectivity index (χ0v) is 11.9. The van der Waals surface area contributed by atoms with Gasteiger partial charge in [-0.25, -0.2) is 0 Å². The lowest BCUT2D eigenvalue weighted by Gasteiger charge is -2.35. The van der Waals surface area contributed by atoms with E-state index in [0.717, 1.165) is 12.8 Å². The number of carbonyl (C=O) groups is 3. The number of carbonyl (C=O) groups excluding carboxylic acids is 3. The quantitative estimate of drug-likeness (QED) is 0.756. The Bertz CT molecular complexity index is 387. The third kappa shape index (κ3) is 3.49. The van der Waals surface area contributed by atoms with Gasteiger partial charge in [0.05, 0.1) is 18.4 Å². The third-order valence-electron chi connectivity index (χ3n) is 3.97. The summed E-state index contributed by atoms with van der Waals surface area (Å²) in [7, 11) is 0. The van der Waals surface area contributed by atoms with Crippen molar-refractivity contribution in [2.75, 3.05) is 26.2 Å². The van der Waals surface area contributed by atoms with Crippen molar-refractivity contribution in [3.63, 3.8) is 0 Å². The molecule has 0 aromatic heterocycles. The highest BCUT2D eigenvalue weighted by atomic mass is 16.5. The van der Waals surface area contributed by atoms with Crippen LogP contribution in [0.4, 0.5) is 0 Å². The van der Waals surface area contributed by atoms with Gasteiger partial charge >= 0.3 is 5.97 Å². The van der Waals surface area contributed by atoms with Crippen molar-refractivity contribution in [1.82, 2.24) is 10.2 Å². The van der Waals surface area contributed by atoms with Crippen LogP contribution in [0.25, 0.3) is 0 Å². The summed E-state index contributed by atoms with van der Waals surface area (Å²) in [5, 5.41) is 2.73. The Morgan fingerprint density at radius 2 is 2.15 bits per heavy atom. The van der Waals surface area contributed by atoms with Gasteiger partial charge in [-0.3, -0.25) is 14.4 Å². The van der Waals surface area contributed by atoms with E-state index in [9.17, 15) is 14.4 Å². The van der Waals surface area contributed by atoms with E-state index in [1.54, 1.807) is 11.8 Å². The van der Waals surface area contributed by atoms with Gasteiger partial charge in [0.2, 0.25) is 11.8 Å². The third-order valence-corrected chi connectivity index (χ3v) is 3.97. The van der Waals surface area contributed by atoms with E-state index < -0.39 is 0 Å². The molecule has 0 bridgehead atoms. The fourth-order valence-corrected chi connectivity index (χ4v) is 2.83. The molecule has 2 amide bonds. The first-order valence-corrected chi connectivity index (χ1v) is 7.34. The summed E-state index contributed by atoms with van der Waals surface area (Å²) in [4.78, 5) is 37.1. The Morgan fingerprint density at radius 3 is 2.80 bits per heavy atom. The molecule has 2 heterocycles. The first kappa shape index (κ1) is 14.8. The summed E-state index contributed by atoms with van der Waals surface area (Å²) in [5.74, 6) is -0.488. The lowest BCUT2D eigenvalue weighted by molar-refractivity contribution is -0.152. The first-order valence-electron chi connectivity index (χ1n) is 7.34. The molecule has 2 rings (SSSR count). The predicted molar refractivity (Wildman–Crippen MR) is 71.7 cm³/mol. The number of hydrogen-bond acceptors (Lipinski definition) is 4. The summed E-state index contributed by atoms with van der Waals surface area (Å²) in [6.45, 7) is 3.71. The molecule has 0 radical (unpaired) electrons. The van der Waals surface area contributed by atoms with Gasteiger partial charge in [-0.1, -0.05) is 0 Å². The van der Waals surface area contributed by atoms with E-state index >= 15 is 0 Å². The molecule has 0 aromatic rings. The summed E-state index contributed by atoms with van der Waals surface area (Å²) >= 11 is 0. The normalized spacial score (nSPS) is 26.9. The van der Waals surface area contributed by atoms with Gasteiger partial charge in [-0.2, -0.15) is 0 Å². The number of amides is 2. The lowest BCUT2D eigenvalue weighted by Crippen LogP contribution is -2.49. The molecule has 2 aliphatic heterocycles. The number of likely N-dealkylation sites (tertiary alicyclic amines) is 1. The van der Waals surface area contributed by atoms with Crippen molar-refractivity contribution in [3.05, 3.63) is 0 Å². The second-order valence-corrected chi connectivity index (χ2v) is 5.42. The molecule has 0 saturated carbocycles. The molecular weight excluding hydrogens is 260 g/mol. The molecule has 0 aromatic carbocycles. The largest absolute Gasteiger partial charge is 0.466 e. The summed E-state index contributed by atoms with van der Waals surface area (Å²) in [5.41, 5.74) is 0. The summed E-state index contributed by atoms with van der Waals surface area (Å²) < 4.78 is 5.04. The number of piperidine rings is 2. The predicted octanol–water partition coefficient (Wildman–Crippen LogP) is 0.314. The van der Waals surface area contributed by atoms with Crippen LogP contribution in [0.1, 0.15) is 32.6 Å². The Hall–Kier alpha value is -1.59. The SMILES string of the molecule is CCOC(=O)[C@H]1CCCN(C(=O)[C@@H]2CCC(=O)NC2)C1. The molecule has 2 fully saturated rings. The van der Waals surface area contributed by atoms with E-state index in [1.807, 2.05) is 0 Å². The molecule has 0 spiro atoms. The van der Waals surface area contributed by atoms with Crippen LogP contribution in [0.5, 0.6) is 0 Å². The van der Waals surface area contributed by atoms with Crippen molar-refractivity contribution >= 4 is 17.8 Å². The van der Waals surface area contributed by atoms with Crippen molar-refractivity contribution in [2.24, 2.45) is 11.8 Å². The number of ether oxygens (including phenoxy) is 1. The molecular formula is C14H22N2O4. The van der Waals surface area contributed by atoms with Crippen LogP contribution in [0.2, 0.25) is 0 Å². The van der Waals surface area contributed by atoms with Crippen molar-refractivity contribution in [2.45, 2.75) is 32.6 Å². The average Bonchev–Trinajstić information content (AvgIpc) is 2.48. The second-order valence-electron chi connectivity index (χ2n) is 5.42. The van der Waals surface area contributed by atoms with E-state index in [1.165, 1.54) is 0 Å². The minimum Gasteiger partial charge on any atom is -0.466 e. The highest BCUT2D eigenvalue weighted by Gasteiger charge is 2.33. The van der Waals surface area contributed by atoms with Crippen LogP contribution in [0.3, 0.4) is 0 Å². The molecule has 2 saturated heterocycles. The zero-order valence-electron chi connectivity index (χ0n) is 11.9. The molecule has 6 heteroatoms. The Balaban J connectivity index is 1.89. The van der Waals surface area contributed by atoms with Crippen LogP contribution in [0, 0.1) is 11.8 Å². The molecule has 2 atom stereocenters. The maximum Gasteiger partial charge on any atom is 0.310 e. The van der Waals surface area contributed by atoms with Crippen molar-refractivity contribution in [3.8, 4) is 0 Å². The minimum atomic E-state index is -0.207. The Morgan fingerprint density at radius 1 is 1.35 bits per heavy atom. The number of hydrogen-bond donors (Lipinski definition) is 1. The lowest BCUT2D eigenvalue weighted by atomic mass is 9.93. The van der Waals surface area contributed by atoms with Crippen LogP contribution in [-0.2, 0) is 19.1 Å². The molecule has 20 heavy (non-hydrogen) atoms. The van der Waals surface area contributed by atoms with Gasteiger partial charge in [0.1, 0.15) is 0 Å². The number of rotatable bonds is 3. The fraction of sp³-hybridized carbons (Fsp3) is 0.786. The Kier molecular flexibility index (Phi) is 4.98. The first-order chi connectivity index (χ1) is 9.61. The summed E-state index contributed by atoms with van der Waals surface area (Å²) in [6.07, 6.45) is 2.62. The highest BCUT2D eigenvalue weighted by molar-refractivity contribution is 5.84. The topological polar surface area (TPSA) is 75.7 Å². The van der Waals surface area contributed by atoms with Gasteiger partial charge in [0, 0.05) is 26.1 Å². The molecule has 6 nitrogen and oxygen atoms in total. The number of nitrogens with one attached hydrogen (secondary N) is 1. The smallest absolute Gasteiger partial charge is 0.310 e. The molecule has 0 unspecified atom stereocenters. The van der Waals surface area contributed by atoms with Crippen molar-refractivity contribution < 1.29 is 19.1 Å². The van der Waals surface area contributed by atoms with E-state index in [-0.39, 0.29) is 29.6 Å². The van der Waals surface area contributed by atoms with E-state index in [2.05, 4.69) is 5.32 Å².